The van der Waals surface area contributed by atoms with Gasteiger partial charge in [0.15, 0.2) is 0 Å². The Kier molecular flexibility index (Phi) is 3.75. The predicted octanol–water partition coefficient (Wildman–Crippen LogP) is 2.81. The van der Waals surface area contributed by atoms with Crippen LogP contribution < -0.4 is 5.32 Å². The highest BCUT2D eigenvalue weighted by Crippen LogP contribution is 2.31. The van der Waals surface area contributed by atoms with Gasteiger partial charge in [0, 0.05) is 17.0 Å². The maximum atomic E-state index is 12.3. The number of aryl methyl sites for hydroxylation is 1. The number of rotatable bonds is 3. The Morgan fingerprint density at radius 1 is 1.45 bits per heavy atom. The quantitative estimate of drug-likeness (QED) is 0.917. The molecule has 3 nitrogen and oxygen atoms in total. The average molecular weight is 307 g/mol. The third-order valence-corrected chi connectivity index (χ3v) is 6.22. The molecule has 1 aliphatic heterocycles. The van der Waals surface area contributed by atoms with Crippen molar-refractivity contribution >= 4 is 39.1 Å². The van der Waals surface area contributed by atoms with Gasteiger partial charge in [-0.3, -0.25) is 4.79 Å². The van der Waals surface area contributed by atoms with Gasteiger partial charge >= 0.3 is 0 Å². The molecule has 3 rings (SSSR count). The first-order valence-corrected chi connectivity index (χ1v) is 8.63. The lowest BCUT2D eigenvalue weighted by Gasteiger charge is -2.21. The second-order valence-corrected chi connectivity index (χ2v) is 7.42. The fourth-order valence-corrected chi connectivity index (χ4v) is 4.87. The van der Waals surface area contributed by atoms with Gasteiger partial charge in [-0.15, -0.1) is 11.3 Å². The fourth-order valence-electron chi connectivity index (χ4n) is 2.45. The first-order chi connectivity index (χ1) is 9.59. The van der Waals surface area contributed by atoms with Gasteiger partial charge in [-0.2, -0.15) is 11.8 Å². The number of carbonyl (C=O) groups is 1. The van der Waals surface area contributed by atoms with Gasteiger partial charge in [-0.25, -0.2) is 0 Å². The summed E-state index contributed by atoms with van der Waals surface area (Å²) in [4.78, 5) is 13.1. The third kappa shape index (κ3) is 2.57. The van der Waals surface area contributed by atoms with Crippen LogP contribution in [0.1, 0.15) is 21.7 Å². The highest BCUT2D eigenvalue weighted by atomic mass is 32.2. The van der Waals surface area contributed by atoms with Gasteiger partial charge in [0.1, 0.15) is 0 Å². The van der Waals surface area contributed by atoms with Crippen molar-refractivity contribution in [2.45, 2.75) is 18.9 Å². The molecule has 0 aliphatic carbocycles. The molecule has 0 radical (unpaired) electrons. The molecule has 1 amide bonds. The molecule has 106 valence electrons. The van der Waals surface area contributed by atoms with E-state index >= 15 is 0 Å². The molecular weight excluding hydrogens is 290 g/mol. The lowest BCUT2D eigenvalue weighted by Crippen LogP contribution is -2.42. The first-order valence-electron chi connectivity index (χ1n) is 6.65. The van der Waals surface area contributed by atoms with E-state index in [0.29, 0.717) is 12.3 Å². The van der Waals surface area contributed by atoms with Gasteiger partial charge in [0.05, 0.1) is 10.5 Å². The largest absolute Gasteiger partial charge is 0.387 e. The van der Waals surface area contributed by atoms with Crippen LogP contribution in [-0.4, -0.2) is 34.7 Å². The number of amides is 1. The minimum absolute atomic E-state index is 0.0750. The number of carbonyl (C=O) groups excluding carboxylic acids is 1. The van der Waals surface area contributed by atoms with Gasteiger partial charge in [0.25, 0.3) is 5.91 Å². The van der Waals surface area contributed by atoms with Crippen molar-refractivity contribution in [3.05, 3.63) is 34.7 Å². The van der Waals surface area contributed by atoms with Crippen molar-refractivity contribution in [1.29, 1.82) is 0 Å². The van der Waals surface area contributed by atoms with Gasteiger partial charge in [-0.05, 0) is 36.1 Å². The fraction of sp³-hybridized carbons (Fsp3) is 0.400. The molecule has 1 fully saturated rings. The third-order valence-electron chi connectivity index (χ3n) is 3.71. The van der Waals surface area contributed by atoms with Crippen molar-refractivity contribution in [3.63, 3.8) is 0 Å². The summed E-state index contributed by atoms with van der Waals surface area (Å²) >= 11 is 3.25. The molecule has 1 unspecified atom stereocenters. The second-order valence-electron chi connectivity index (χ2n) is 5.26. The molecule has 1 aromatic carbocycles. The van der Waals surface area contributed by atoms with Crippen molar-refractivity contribution < 1.29 is 9.90 Å². The highest BCUT2D eigenvalue weighted by molar-refractivity contribution is 7.99. The molecule has 2 aromatic rings. The summed E-state index contributed by atoms with van der Waals surface area (Å²) in [7, 11) is 0. The standard InChI is InChI=1S/C15H17NO2S2/c1-10-11-4-2-3-5-12(11)20-13(10)14(17)16-8-15(18)6-7-19-9-15/h2-5,18H,6-9H2,1H3,(H,16,17). The topological polar surface area (TPSA) is 49.3 Å². The van der Waals surface area contributed by atoms with Crippen molar-refractivity contribution in [1.82, 2.24) is 5.32 Å². The number of thiophene rings is 1. The monoisotopic (exact) mass is 307 g/mol. The summed E-state index contributed by atoms with van der Waals surface area (Å²) in [5.41, 5.74) is 0.293. The molecule has 2 heterocycles. The van der Waals surface area contributed by atoms with Crippen LogP contribution in [0, 0.1) is 6.92 Å². The molecule has 2 N–H and O–H groups in total. The zero-order chi connectivity index (χ0) is 14.2. The van der Waals surface area contributed by atoms with Gasteiger partial charge < -0.3 is 10.4 Å². The van der Waals surface area contributed by atoms with E-state index in [4.69, 9.17) is 0 Å². The molecule has 20 heavy (non-hydrogen) atoms. The molecule has 0 bridgehead atoms. The number of aliphatic hydroxyl groups is 1. The Bertz CT molecular complexity index is 644. The molecule has 1 aliphatic rings. The van der Waals surface area contributed by atoms with Crippen LogP contribution in [0.15, 0.2) is 24.3 Å². The van der Waals surface area contributed by atoms with E-state index < -0.39 is 5.60 Å². The molecule has 0 saturated carbocycles. The zero-order valence-corrected chi connectivity index (χ0v) is 12.9. The Hall–Kier alpha value is -1.04. The average Bonchev–Trinajstić information content (AvgIpc) is 3.02. The van der Waals surface area contributed by atoms with Crippen LogP contribution >= 0.6 is 23.1 Å². The Labute approximate surface area is 126 Å². The van der Waals surface area contributed by atoms with Crippen LogP contribution in [0.3, 0.4) is 0 Å². The molecule has 1 saturated heterocycles. The maximum absolute atomic E-state index is 12.3. The normalized spacial score (nSPS) is 22.3. The van der Waals surface area contributed by atoms with E-state index in [9.17, 15) is 9.90 Å². The molecule has 0 spiro atoms. The number of benzene rings is 1. The molecule has 5 heteroatoms. The predicted molar refractivity (Wildman–Crippen MR) is 85.8 cm³/mol. The number of hydrogen-bond acceptors (Lipinski definition) is 4. The van der Waals surface area contributed by atoms with E-state index in [1.165, 1.54) is 11.3 Å². The molecule has 1 atom stereocenters. The minimum Gasteiger partial charge on any atom is -0.387 e. The van der Waals surface area contributed by atoms with Crippen LogP contribution in [0.25, 0.3) is 10.1 Å². The SMILES string of the molecule is Cc1c(C(=O)NCC2(O)CCSC2)sc2ccccc12. The van der Waals surface area contributed by atoms with Crippen molar-refractivity contribution in [2.24, 2.45) is 0 Å². The van der Waals surface area contributed by atoms with E-state index in [-0.39, 0.29) is 5.91 Å². The number of fused-ring (bicyclic) bond motifs is 1. The van der Waals surface area contributed by atoms with Gasteiger partial charge in [-0.1, -0.05) is 18.2 Å². The lowest BCUT2D eigenvalue weighted by atomic mass is 10.0. The van der Waals surface area contributed by atoms with Crippen molar-refractivity contribution in [3.8, 4) is 0 Å². The summed E-state index contributed by atoms with van der Waals surface area (Å²) in [5, 5.41) is 14.3. The summed E-state index contributed by atoms with van der Waals surface area (Å²) in [6, 6.07) is 8.05. The summed E-state index contributed by atoms with van der Waals surface area (Å²) in [6.07, 6.45) is 0.753. The Balaban J connectivity index is 1.77. The highest BCUT2D eigenvalue weighted by Gasteiger charge is 2.32. The molecular formula is C15H17NO2S2. The number of thioether (sulfide) groups is 1. The lowest BCUT2D eigenvalue weighted by molar-refractivity contribution is 0.0614. The maximum Gasteiger partial charge on any atom is 0.261 e. The van der Waals surface area contributed by atoms with Gasteiger partial charge in [0.2, 0.25) is 0 Å². The minimum atomic E-state index is -0.731. The van der Waals surface area contributed by atoms with Crippen LogP contribution in [0.4, 0.5) is 0 Å². The number of nitrogens with one attached hydrogen (secondary N) is 1. The van der Waals surface area contributed by atoms with Crippen LogP contribution in [0.5, 0.6) is 0 Å². The van der Waals surface area contributed by atoms with E-state index in [1.54, 1.807) is 11.8 Å². The van der Waals surface area contributed by atoms with E-state index in [2.05, 4.69) is 5.32 Å². The number of hydrogen-bond donors (Lipinski definition) is 2. The summed E-state index contributed by atoms with van der Waals surface area (Å²) in [6.45, 7) is 2.32. The smallest absolute Gasteiger partial charge is 0.261 e. The summed E-state index contributed by atoms with van der Waals surface area (Å²) in [5.74, 6) is 1.60. The molecule has 1 aromatic heterocycles. The summed E-state index contributed by atoms with van der Waals surface area (Å²) < 4.78 is 1.13. The van der Waals surface area contributed by atoms with E-state index in [1.807, 2.05) is 31.2 Å². The Morgan fingerprint density at radius 2 is 2.25 bits per heavy atom. The second kappa shape index (κ2) is 5.39. The van der Waals surface area contributed by atoms with Crippen LogP contribution in [0.2, 0.25) is 0 Å². The Morgan fingerprint density at radius 3 is 2.95 bits per heavy atom. The van der Waals surface area contributed by atoms with Crippen molar-refractivity contribution in [2.75, 3.05) is 18.1 Å². The first kappa shape index (κ1) is 13.9. The zero-order valence-electron chi connectivity index (χ0n) is 11.3. The van der Waals surface area contributed by atoms with E-state index in [0.717, 1.165) is 32.7 Å². The van der Waals surface area contributed by atoms with Crippen LogP contribution in [-0.2, 0) is 0 Å².